The highest BCUT2D eigenvalue weighted by Crippen LogP contribution is 2.23. The van der Waals surface area contributed by atoms with Crippen molar-refractivity contribution in [1.29, 1.82) is 0 Å². The monoisotopic (exact) mass is 230 g/mol. The zero-order valence-electron chi connectivity index (χ0n) is 10.3. The zero-order valence-corrected chi connectivity index (χ0v) is 10.3. The lowest BCUT2D eigenvalue weighted by Crippen LogP contribution is -2.35. The van der Waals surface area contributed by atoms with Gasteiger partial charge in [0.15, 0.2) is 0 Å². The second-order valence-corrected chi connectivity index (χ2v) is 4.33. The van der Waals surface area contributed by atoms with E-state index in [0.717, 1.165) is 6.42 Å². The van der Waals surface area contributed by atoms with Crippen LogP contribution in [-0.2, 0) is 9.59 Å². The Kier molecular flexibility index (Phi) is 7.17. The molecule has 0 bridgehead atoms. The van der Waals surface area contributed by atoms with Gasteiger partial charge < -0.3 is 15.0 Å². The average molecular weight is 230 g/mol. The quantitative estimate of drug-likeness (QED) is 0.650. The van der Waals surface area contributed by atoms with E-state index in [1.54, 1.807) is 0 Å². The van der Waals surface area contributed by atoms with Gasteiger partial charge in [0.2, 0.25) is 0 Å². The number of ketones is 2. The molecule has 4 heteroatoms. The minimum atomic E-state index is -0.719. The maximum atomic E-state index is 11.4. The molecular formula is C12H22O4. The first kappa shape index (κ1) is 15.3. The molecule has 0 aliphatic heterocycles. The number of rotatable bonds is 8. The molecule has 0 aromatic carbocycles. The number of aliphatic hydroxyl groups is 2. The van der Waals surface area contributed by atoms with Crippen LogP contribution in [0.4, 0.5) is 0 Å². The van der Waals surface area contributed by atoms with Crippen LogP contribution in [0.1, 0.15) is 40.0 Å². The highest BCUT2D eigenvalue weighted by molar-refractivity contribution is 5.85. The van der Waals surface area contributed by atoms with Crippen molar-refractivity contribution in [3.63, 3.8) is 0 Å². The van der Waals surface area contributed by atoms with Crippen LogP contribution in [0.15, 0.2) is 0 Å². The van der Waals surface area contributed by atoms with Crippen molar-refractivity contribution in [2.75, 3.05) is 6.61 Å². The normalized spacial score (nSPS) is 16.6. The Morgan fingerprint density at radius 3 is 2.12 bits per heavy atom. The van der Waals surface area contributed by atoms with Gasteiger partial charge in [0.1, 0.15) is 11.6 Å². The molecule has 0 heterocycles. The lowest BCUT2D eigenvalue weighted by Gasteiger charge is -2.27. The van der Waals surface area contributed by atoms with Gasteiger partial charge in [-0.2, -0.15) is 0 Å². The highest BCUT2D eigenvalue weighted by Gasteiger charge is 2.31. The average Bonchev–Trinajstić information content (AvgIpc) is 2.17. The first-order valence-electron chi connectivity index (χ1n) is 5.72. The molecule has 3 unspecified atom stereocenters. The summed E-state index contributed by atoms with van der Waals surface area (Å²) >= 11 is 0. The smallest absolute Gasteiger partial charge is 0.133 e. The molecule has 0 aliphatic rings. The fourth-order valence-electron chi connectivity index (χ4n) is 1.93. The van der Waals surface area contributed by atoms with Crippen molar-refractivity contribution in [2.24, 2.45) is 11.8 Å². The Morgan fingerprint density at radius 2 is 1.81 bits per heavy atom. The summed E-state index contributed by atoms with van der Waals surface area (Å²) in [6.07, 6.45) is 0.694. The Labute approximate surface area is 96.7 Å². The van der Waals surface area contributed by atoms with Gasteiger partial charge in [-0.1, -0.05) is 13.3 Å². The molecule has 4 nitrogen and oxygen atoms in total. The second kappa shape index (κ2) is 7.52. The van der Waals surface area contributed by atoms with Crippen LogP contribution >= 0.6 is 0 Å². The van der Waals surface area contributed by atoms with Crippen molar-refractivity contribution >= 4 is 11.6 Å². The van der Waals surface area contributed by atoms with E-state index in [9.17, 15) is 19.8 Å². The largest absolute Gasteiger partial charge is 0.396 e. The molecule has 2 N–H and O–H groups in total. The third-order valence-corrected chi connectivity index (χ3v) is 2.84. The van der Waals surface area contributed by atoms with Crippen LogP contribution in [0.2, 0.25) is 0 Å². The third-order valence-electron chi connectivity index (χ3n) is 2.84. The zero-order chi connectivity index (χ0) is 12.7. The van der Waals surface area contributed by atoms with Gasteiger partial charge in [-0.25, -0.2) is 0 Å². The van der Waals surface area contributed by atoms with E-state index in [2.05, 4.69) is 0 Å². The predicted molar refractivity (Wildman–Crippen MR) is 61.0 cm³/mol. The van der Waals surface area contributed by atoms with Crippen LogP contribution < -0.4 is 0 Å². The molecule has 0 rings (SSSR count). The summed E-state index contributed by atoms with van der Waals surface area (Å²) in [5.74, 6) is -1.34. The van der Waals surface area contributed by atoms with Gasteiger partial charge in [0, 0.05) is 24.9 Å². The van der Waals surface area contributed by atoms with E-state index in [1.165, 1.54) is 13.8 Å². The van der Waals surface area contributed by atoms with Gasteiger partial charge >= 0.3 is 0 Å². The highest BCUT2D eigenvalue weighted by atomic mass is 16.3. The number of hydrogen-bond acceptors (Lipinski definition) is 4. The van der Waals surface area contributed by atoms with Crippen molar-refractivity contribution in [3.05, 3.63) is 0 Å². The lowest BCUT2D eigenvalue weighted by atomic mass is 9.81. The number of carbonyl (C=O) groups is 2. The molecule has 3 atom stereocenters. The summed E-state index contributed by atoms with van der Waals surface area (Å²) in [6.45, 7) is 4.47. The van der Waals surface area contributed by atoms with Gasteiger partial charge in [0.05, 0.1) is 6.10 Å². The first-order chi connectivity index (χ1) is 7.43. The van der Waals surface area contributed by atoms with Crippen LogP contribution in [0.5, 0.6) is 0 Å². The van der Waals surface area contributed by atoms with Crippen molar-refractivity contribution in [2.45, 2.75) is 46.1 Å². The maximum absolute atomic E-state index is 11.4. The van der Waals surface area contributed by atoms with Gasteiger partial charge in [0.25, 0.3) is 0 Å². The van der Waals surface area contributed by atoms with Crippen LogP contribution in [0.3, 0.4) is 0 Å². The number of Topliss-reactive ketones (excluding diaryl/α,β-unsaturated/α-hetero) is 2. The lowest BCUT2D eigenvalue weighted by molar-refractivity contribution is -0.130. The minimum absolute atomic E-state index is 0.0950. The molecule has 16 heavy (non-hydrogen) atoms. The molecule has 0 amide bonds. The summed E-state index contributed by atoms with van der Waals surface area (Å²) in [6, 6.07) is 0. The molecule has 0 spiro atoms. The van der Waals surface area contributed by atoms with E-state index >= 15 is 0 Å². The summed E-state index contributed by atoms with van der Waals surface area (Å²) in [5, 5.41) is 19.0. The van der Waals surface area contributed by atoms with Gasteiger partial charge in [-0.05, 0) is 20.3 Å². The fraction of sp³-hybridized carbons (Fsp3) is 0.833. The molecule has 0 saturated heterocycles. The third kappa shape index (κ3) is 4.86. The molecule has 0 fully saturated rings. The maximum Gasteiger partial charge on any atom is 0.133 e. The molecule has 0 aromatic rings. The standard InChI is InChI=1S/C12H22O4/c1-4-5-12(16)11(7-13)10(9(3)15)6-8(2)14/h10-13,16H,4-7H2,1-3H3. The second-order valence-electron chi connectivity index (χ2n) is 4.33. The molecule has 0 aliphatic carbocycles. The molecule has 94 valence electrons. The fourth-order valence-corrected chi connectivity index (χ4v) is 1.93. The van der Waals surface area contributed by atoms with Gasteiger partial charge in [-0.3, -0.25) is 4.79 Å². The van der Waals surface area contributed by atoms with Crippen LogP contribution in [-0.4, -0.2) is 34.5 Å². The number of aliphatic hydroxyl groups excluding tert-OH is 2. The van der Waals surface area contributed by atoms with Crippen molar-refractivity contribution < 1.29 is 19.8 Å². The Morgan fingerprint density at radius 1 is 1.25 bits per heavy atom. The van der Waals surface area contributed by atoms with Gasteiger partial charge in [-0.15, -0.1) is 0 Å². The molecule has 0 saturated carbocycles. The number of carbonyl (C=O) groups excluding carboxylic acids is 2. The SMILES string of the molecule is CCCC(O)C(CO)C(CC(C)=O)C(C)=O. The Bertz CT molecular complexity index is 237. The Balaban J connectivity index is 4.69. The summed E-state index contributed by atoms with van der Waals surface area (Å²) in [7, 11) is 0. The van der Waals surface area contributed by atoms with E-state index in [1.807, 2.05) is 6.92 Å². The van der Waals surface area contributed by atoms with E-state index < -0.39 is 17.9 Å². The summed E-state index contributed by atoms with van der Waals surface area (Å²) in [4.78, 5) is 22.5. The predicted octanol–water partition coefficient (Wildman–Crippen LogP) is 0.940. The topological polar surface area (TPSA) is 74.6 Å². The van der Waals surface area contributed by atoms with Crippen LogP contribution in [0.25, 0.3) is 0 Å². The minimum Gasteiger partial charge on any atom is -0.396 e. The first-order valence-corrected chi connectivity index (χ1v) is 5.72. The molecule has 0 radical (unpaired) electrons. The van der Waals surface area contributed by atoms with E-state index in [0.29, 0.717) is 6.42 Å². The molecule has 0 aromatic heterocycles. The van der Waals surface area contributed by atoms with Crippen molar-refractivity contribution in [3.8, 4) is 0 Å². The summed E-state index contributed by atoms with van der Waals surface area (Å²) < 4.78 is 0. The summed E-state index contributed by atoms with van der Waals surface area (Å²) in [5.41, 5.74) is 0. The molecular weight excluding hydrogens is 208 g/mol. The van der Waals surface area contributed by atoms with Crippen molar-refractivity contribution in [1.82, 2.24) is 0 Å². The van der Waals surface area contributed by atoms with E-state index in [4.69, 9.17) is 0 Å². The Hall–Kier alpha value is -0.740. The number of hydrogen-bond donors (Lipinski definition) is 2. The van der Waals surface area contributed by atoms with Crippen LogP contribution in [0, 0.1) is 11.8 Å². The van der Waals surface area contributed by atoms with E-state index in [-0.39, 0.29) is 24.6 Å².